The topological polar surface area (TPSA) is 12.5 Å². The largest absolute Gasteiger partial charge is 0.369 e. The standard InChI is InChI=1S/C20H27NO/c1-4-21(2)17-11-16-20(22-3,18-12-7-5-8-13-18)19-14-9-6-10-15-19/h5-10,12-15H,4,11,16-17H2,1-3H3. The minimum Gasteiger partial charge on any atom is -0.369 e. The highest BCUT2D eigenvalue weighted by Crippen LogP contribution is 2.37. The summed E-state index contributed by atoms with van der Waals surface area (Å²) >= 11 is 0. The summed E-state index contributed by atoms with van der Waals surface area (Å²) in [4.78, 5) is 2.34. The Kier molecular flexibility index (Phi) is 6.17. The Balaban J connectivity index is 2.31. The zero-order chi connectivity index (χ0) is 15.8. The Bertz CT molecular complexity index is 499. The molecule has 0 aromatic heterocycles. The lowest BCUT2D eigenvalue weighted by molar-refractivity contribution is 0.0112. The van der Waals surface area contributed by atoms with Crippen molar-refractivity contribution in [3.05, 3.63) is 71.8 Å². The Hall–Kier alpha value is -1.64. The number of nitrogens with zero attached hydrogens (tertiary/aromatic N) is 1. The van der Waals surface area contributed by atoms with Gasteiger partial charge in [0.1, 0.15) is 5.60 Å². The zero-order valence-corrected chi connectivity index (χ0v) is 14.0. The quantitative estimate of drug-likeness (QED) is 0.720. The molecule has 2 heteroatoms. The first-order valence-electron chi connectivity index (χ1n) is 8.07. The van der Waals surface area contributed by atoms with Crippen molar-refractivity contribution < 1.29 is 4.74 Å². The van der Waals surface area contributed by atoms with Crippen LogP contribution in [-0.2, 0) is 10.3 Å². The summed E-state index contributed by atoms with van der Waals surface area (Å²) in [6, 6.07) is 21.1. The molecule has 0 N–H and O–H groups in total. The van der Waals surface area contributed by atoms with E-state index in [1.165, 1.54) is 11.1 Å². The number of hydrogen-bond donors (Lipinski definition) is 0. The minimum absolute atomic E-state index is 0.364. The summed E-state index contributed by atoms with van der Waals surface area (Å²) < 4.78 is 6.11. The van der Waals surface area contributed by atoms with Crippen LogP contribution in [0.3, 0.4) is 0 Å². The van der Waals surface area contributed by atoms with Crippen molar-refractivity contribution in [3.63, 3.8) is 0 Å². The maximum atomic E-state index is 6.11. The van der Waals surface area contributed by atoms with E-state index >= 15 is 0 Å². The third kappa shape index (κ3) is 3.76. The molecule has 0 bridgehead atoms. The SMILES string of the molecule is CCN(C)CCCC(OC)(c1ccccc1)c1ccccc1. The van der Waals surface area contributed by atoms with Crippen LogP contribution < -0.4 is 0 Å². The van der Waals surface area contributed by atoms with Gasteiger partial charge in [0.2, 0.25) is 0 Å². The minimum atomic E-state index is -0.364. The molecule has 22 heavy (non-hydrogen) atoms. The molecule has 2 aromatic rings. The van der Waals surface area contributed by atoms with Crippen LogP contribution in [0, 0.1) is 0 Å². The van der Waals surface area contributed by atoms with Crippen LogP contribution in [0.2, 0.25) is 0 Å². The van der Waals surface area contributed by atoms with E-state index in [1.807, 2.05) is 7.11 Å². The maximum absolute atomic E-state index is 6.11. The van der Waals surface area contributed by atoms with E-state index in [4.69, 9.17) is 4.74 Å². The molecular weight excluding hydrogens is 270 g/mol. The van der Waals surface area contributed by atoms with E-state index in [9.17, 15) is 0 Å². The predicted molar refractivity (Wildman–Crippen MR) is 93.1 cm³/mol. The van der Waals surface area contributed by atoms with E-state index < -0.39 is 0 Å². The highest BCUT2D eigenvalue weighted by atomic mass is 16.5. The van der Waals surface area contributed by atoms with Crippen LogP contribution in [0.1, 0.15) is 30.9 Å². The number of rotatable bonds is 8. The zero-order valence-electron chi connectivity index (χ0n) is 14.0. The van der Waals surface area contributed by atoms with Crippen molar-refractivity contribution in [1.29, 1.82) is 0 Å². The van der Waals surface area contributed by atoms with Crippen molar-refractivity contribution in [2.24, 2.45) is 0 Å². The fourth-order valence-corrected chi connectivity index (χ4v) is 2.96. The fourth-order valence-electron chi connectivity index (χ4n) is 2.96. The monoisotopic (exact) mass is 297 g/mol. The Labute approximate surface area is 134 Å². The molecule has 0 unspecified atom stereocenters. The first-order chi connectivity index (χ1) is 10.7. The molecule has 2 rings (SSSR count). The number of hydrogen-bond acceptors (Lipinski definition) is 2. The second-order valence-corrected chi connectivity index (χ2v) is 5.76. The summed E-state index contributed by atoms with van der Waals surface area (Å²) in [6.45, 7) is 4.36. The normalized spacial score (nSPS) is 11.8. The van der Waals surface area contributed by atoms with E-state index in [0.29, 0.717) is 0 Å². The lowest BCUT2D eigenvalue weighted by Gasteiger charge is -2.34. The van der Waals surface area contributed by atoms with E-state index in [0.717, 1.165) is 25.9 Å². The second-order valence-electron chi connectivity index (χ2n) is 5.76. The van der Waals surface area contributed by atoms with Gasteiger partial charge in [-0.1, -0.05) is 67.6 Å². The van der Waals surface area contributed by atoms with Gasteiger partial charge in [-0.25, -0.2) is 0 Å². The molecule has 0 atom stereocenters. The van der Waals surface area contributed by atoms with Crippen LogP contribution in [0.25, 0.3) is 0 Å². The highest BCUT2D eigenvalue weighted by Gasteiger charge is 2.33. The summed E-state index contributed by atoms with van der Waals surface area (Å²) in [5, 5.41) is 0. The molecule has 0 radical (unpaired) electrons. The first-order valence-corrected chi connectivity index (χ1v) is 8.07. The van der Waals surface area contributed by atoms with Crippen molar-refractivity contribution in [3.8, 4) is 0 Å². The number of benzene rings is 2. The molecule has 0 aliphatic rings. The summed E-state index contributed by atoms with van der Waals surface area (Å²) in [5.41, 5.74) is 2.09. The van der Waals surface area contributed by atoms with E-state index in [2.05, 4.69) is 79.5 Å². The van der Waals surface area contributed by atoms with E-state index in [-0.39, 0.29) is 5.60 Å². The molecule has 0 spiro atoms. The summed E-state index contributed by atoms with van der Waals surface area (Å²) in [7, 11) is 3.99. The summed E-state index contributed by atoms with van der Waals surface area (Å²) in [6.07, 6.45) is 2.07. The van der Waals surface area contributed by atoms with Crippen molar-refractivity contribution in [2.75, 3.05) is 27.2 Å². The molecule has 0 aliphatic carbocycles. The lowest BCUT2D eigenvalue weighted by Crippen LogP contribution is -2.31. The average Bonchev–Trinajstić information content (AvgIpc) is 2.60. The molecule has 0 fully saturated rings. The molecule has 0 saturated heterocycles. The third-order valence-corrected chi connectivity index (χ3v) is 4.44. The summed E-state index contributed by atoms with van der Waals surface area (Å²) in [5.74, 6) is 0. The van der Waals surface area contributed by atoms with Gasteiger partial charge >= 0.3 is 0 Å². The van der Waals surface area contributed by atoms with E-state index in [1.54, 1.807) is 0 Å². The smallest absolute Gasteiger partial charge is 0.118 e. The van der Waals surface area contributed by atoms with Gasteiger partial charge in [0.15, 0.2) is 0 Å². The predicted octanol–water partition coefficient (Wildman–Crippen LogP) is 4.31. The highest BCUT2D eigenvalue weighted by molar-refractivity contribution is 5.36. The Morgan fingerprint density at radius 2 is 1.41 bits per heavy atom. The van der Waals surface area contributed by atoms with Crippen LogP contribution in [0.15, 0.2) is 60.7 Å². The van der Waals surface area contributed by atoms with Gasteiger partial charge in [-0.15, -0.1) is 0 Å². The Morgan fingerprint density at radius 1 is 0.909 bits per heavy atom. The molecular formula is C20H27NO. The number of ether oxygens (including phenoxy) is 1. The van der Waals surface area contributed by atoms with Gasteiger partial charge in [0.25, 0.3) is 0 Å². The number of methoxy groups -OCH3 is 1. The van der Waals surface area contributed by atoms with Gasteiger partial charge in [-0.3, -0.25) is 0 Å². The molecule has 2 aromatic carbocycles. The third-order valence-electron chi connectivity index (χ3n) is 4.44. The van der Waals surface area contributed by atoms with Gasteiger partial charge in [-0.05, 0) is 44.1 Å². The molecule has 0 amide bonds. The van der Waals surface area contributed by atoms with Crippen molar-refractivity contribution >= 4 is 0 Å². The van der Waals surface area contributed by atoms with Crippen LogP contribution in [-0.4, -0.2) is 32.1 Å². The molecule has 0 aliphatic heterocycles. The van der Waals surface area contributed by atoms with Crippen molar-refractivity contribution in [1.82, 2.24) is 4.90 Å². The maximum Gasteiger partial charge on any atom is 0.118 e. The van der Waals surface area contributed by atoms with Crippen molar-refractivity contribution in [2.45, 2.75) is 25.4 Å². The molecule has 0 saturated carbocycles. The fraction of sp³-hybridized carbons (Fsp3) is 0.400. The first kappa shape index (κ1) is 16.7. The lowest BCUT2D eigenvalue weighted by atomic mass is 9.82. The van der Waals surface area contributed by atoms with Crippen LogP contribution in [0.5, 0.6) is 0 Å². The molecule has 118 valence electrons. The molecule has 0 heterocycles. The average molecular weight is 297 g/mol. The van der Waals surface area contributed by atoms with Gasteiger partial charge in [0, 0.05) is 7.11 Å². The van der Waals surface area contributed by atoms with Gasteiger partial charge in [-0.2, -0.15) is 0 Å². The van der Waals surface area contributed by atoms with Crippen LogP contribution in [0.4, 0.5) is 0 Å². The molecule has 2 nitrogen and oxygen atoms in total. The van der Waals surface area contributed by atoms with Crippen LogP contribution >= 0.6 is 0 Å². The Morgan fingerprint density at radius 3 is 1.82 bits per heavy atom. The van der Waals surface area contributed by atoms with Gasteiger partial charge < -0.3 is 9.64 Å². The van der Waals surface area contributed by atoms with Gasteiger partial charge in [0.05, 0.1) is 0 Å². The second kappa shape index (κ2) is 8.11.